The molecule has 4 nitrogen and oxygen atoms in total. The molecule has 0 spiro atoms. The Morgan fingerprint density at radius 2 is 2.06 bits per heavy atom. The molecule has 1 saturated carbocycles. The Balaban J connectivity index is 2.08. The van der Waals surface area contributed by atoms with Crippen molar-refractivity contribution < 1.29 is 9.59 Å². The predicted octanol–water partition coefficient (Wildman–Crippen LogP) is 1.88. The summed E-state index contributed by atoms with van der Waals surface area (Å²) in [5.74, 6) is 0.185. The topological polar surface area (TPSA) is 58.2 Å². The van der Waals surface area contributed by atoms with E-state index < -0.39 is 0 Å². The van der Waals surface area contributed by atoms with Gasteiger partial charge in [-0.1, -0.05) is 12.1 Å². The van der Waals surface area contributed by atoms with E-state index in [1.807, 2.05) is 12.3 Å². The molecule has 0 atom stereocenters. The average molecular weight is 264 g/mol. The quantitative estimate of drug-likeness (QED) is 0.853. The molecule has 96 valence electrons. The van der Waals surface area contributed by atoms with Gasteiger partial charge in [-0.3, -0.25) is 9.59 Å². The van der Waals surface area contributed by atoms with E-state index in [1.54, 1.807) is 18.2 Å². The van der Waals surface area contributed by atoms with Crippen LogP contribution >= 0.6 is 11.8 Å². The van der Waals surface area contributed by atoms with Crippen LogP contribution in [0.1, 0.15) is 23.2 Å². The van der Waals surface area contributed by atoms with Gasteiger partial charge in [-0.25, -0.2) is 0 Å². The molecule has 1 aromatic carbocycles. The van der Waals surface area contributed by atoms with Crippen molar-refractivity contribution in [3.8, 4) is 0 Å². The van der Waals surface area contributed by atoms with Crippen LogP contribution < -0.4 is 10.6 Å². The average Bonchev–Trinajstić information content (AvgIpc) is 3.14. The van der Waals surface area contributed by atoms with Crippen molar-refractivity contribution >= 4 is 29.3 Å². The van der Waals surface area contributed by atoms with Crippen LogP contribution in [0.3, 0.4) is 0 Å². The molecule has 2 rings (SSSR count). The number of amides is 2. The summed E-state index contributed by atoms with van der Waals surface area (Å²) >= 11 is 1.45. The summed E-state index contributed by atoms with van der Waals surface area (Å²) in [6.07, 6.45) is 3.96. The normalized spacial score (nSPS) is 14.1. The molecule has 0 unspecified atom stereocenters. The van der Waals surface area contributed by atoms with Gasteiger partial charge in [0, 0.05) is 6.04 Å². The van der Waals surface area contributed by atoms with Gasteiger partial charge in [-0.15, -0.1) is 0 Å². The van der Waals surface area contributed by atoms with Gasteiger partial charge < -0.3 is 10.6 Å². The molecular formula is C13H16N2O2S. The molecule has 18 heavy (non-hydrogen) atoms. The third-order valence-electron chi connectivity index (χ3n) is 2.63. The molecule has 0 radical (unpaired) electrons. The number of hydrogen-bond acceptors (Lipinski definition) is 3. The van der Waals surface area contributed by atoms with Gasteiger partial charge in [0.15, 0.2) is 0 Å². The number of carbonyl (C=O) groups is 2. The summed E-state index contributed by atoms with van der Waals surface area (Å²) in [5.41, 5.74) is 1.11. The van der Waals surface area contributed by atoms with E-state index in [9.17, 15) is 9.59 Å². The Bertz CT molecular complexity index is 458. The number of anilines is 1. The first-order valence-corrected chi connectivity index (χ1v) is 7.29. The molecule has 0 aliphatic heterocycles. The highest BCUT2D eigenvalue weighted by atomic mass is 32.2. The van der Waals surface area contributed by atoms with Crippen molar-refractivity contribution in [1.29, 1.82) is 0 Å². The second-order valence-electron chi connectivity index (χ2n) is 4.27. The maximum atomic E-state index is 12.0. The second kappa shape index (κ2) is 5.91. The Labute approximate surface area is 111 Å². The minimum absolute atomic E-state index is 0.0887. The zero-order chi connectivity index (χ0) is 13.0. The molecule has 1 aromatic rings. The summed E-state index contributed by atoms with van der Waals surface area (Å²) in [6.45, 7) is 0. The third-order valence-corrected chi connectivity index (χ3v) is 3.18. The highest BCUT2D eigenvalue weighted by Gasteiger charge is 2.24. The molecule has 2 amide bonds. The maximum absolute atomic E-state index is 12.0. The lowest BCUT2D eigenvalue weighted by Crippen LogP contribution is -2.27. The minimum atomic E-state index is -0.113. The van der Waals surface area contributed by atoms with Crippen molar-refractivity contribution in [3.05, 3.63) is 29.8 Å². The highest BCUT2D eigenvalue weighted by Crippen LogP contribution is 2.21. The maximum Gasteiger partial charge on any atom is 0.253 e. The van der Waals surface area contributed by atoms with E-state index in [-0.39, 0.29) is 11.8 Å². The van der Waals surface area contributed by atoms with E-state index >= 15 is 0 Å². The molecule has 0 heterocycles. The highest BCUT2D eigenvalue weighted by molar-refractivity contribution is 7.99. The second-order valence-corrected chi connectivity index (χ2v) is 5.14. The molecule has 0 aromatic heterocycles. The molecule has 1 aliphatic rings. The number of carbonyl (C=O) groups excluding carboxylic acids is 2. The van der Waals surface area contributed by atoms with E-state index in [4.69, 9.17) is 0 Å². The zero-order valence-corrected chi connectivity index (χ0v) is 11.0. The third kappa shape index (κ3) is 3.50. The molecule has 0 saturated heterocycles. The van der Waals surface area contributed by atoms with Crippen molar-refractivity contribution in [2.75, 3.05) is 17.3 Å². The van der Waals surface area contributed by atoms with Gasteiger partial charge in [0.05, 0.1) is 17.0 Å². The lowest BCUT2D eigenvalue weighted by atomic mass is 10.1. The van der Waals surface area contributed by atoms with Crippen molar-refractivity contribution in [2.45, 2.75) is 18.9 Å². The summed E-state index contributed by atoms with van der Waals surface area (Å²) < 4.78 is 0. The first-order valence-electron chi connectivity index (χ1n) is 5.89. The van der Waals surface area contributed by atoms with Crippen molar-refractivity contribution in [3.63, 3.8) is 0 Å². The number of thioether (sulfide) groups is 1. The largest absolute Gasteiger partial charge is 0.349 e. The van der Waals surface area contributed by atoms with Gasteiger partial charge in [0.25, 0.3) is 5.91 Å². The fourth-order valence-electron chi connectivity index (χ4n) is 1.60. The monoisotopic (exact) mass is 264 g/mol. The van der Waals surface area contributed by atoms with Gasteiger partial charge in [0.1, 0.15) is 0 Å². The number of rotatable bonds is 5. The standard InChI is InChI=1S/C13H16N2O2S/c1-18-8-12(16)15-11-5-3-2-4-10(11)13(17)14-9-6-7-9/h2-5,9H,6-8H2,1H3,(H,14,17)(H,15,16). The van der Waals surface area contributed by atoms with E-state index in [2.05, 4.69) is 10.6 Å². The van der Waals surface area contributed by atoms with Gasteiger partial charge in [-0.05, 0) is 31.2 Å². The summed E-state index contributed by atoms with van der Waals surface area (Å²) in [6, 6.07) is 7.40. The van der Waals surface area contributed by atoms with Crippen LogP contribution in [-0.4, -0.2) is 29.9 Å². The fraction of sp³-hybridized carbons (Fsp3) is 0.385. The smallest absolute Gasteiger partial charge is 0.253 e. The van der Waals surface area contributed by atoms with E-state index in [1.165, 1.54) is 11.8 Å². The number of nitrogens with one attached hydrogen (secondary N) is 2. The molecule has 1 aliphatic carbocycles. The van der Waals surface area contributed by atoms with Crippen LogP contribution in [0.2, 0.25) is 0 Å². The van der Waals surface area contributed by atoms with Crippen LogP contribution in [0.5, 0.6) is 0 Å². The first-order chi connectivity index (χ1) is 8.70. The van der Waals surface area contributed by atoms with Crippen LogP contribution in [-0.2, 0) is 4.79 Å². The lowest BCUT2D eigenvalue weighted by Gasteiger charge is -2.10. The zero-order valence-electron chi connectivity index (χ0n) is 10.2. The van der Waals surface area contributed by atoms with Gasteiger partial charge in [-0.2, -0.15) is 11.8 Å². The first kappa shape index (κ1) is 13.0. The van der Waals surface area contributed by atoms with E-state index in [0.29, 0.717) is 23.0 Å². The molecule has 1 fully saturated rings. The Hall–Kier alpha value is -1.49. The van der Waals surface area contributed by atoms with Crippen LogP contribution in [0.4, 0.5) is 5.69 Å². The molecular weight excluding hydrogens is 248 g/mol. The predicted molar refractivity (Wildman–Crippen MR) is 73.9 cm³/mol. The van der Waals surface area contributed by atoms with Gasteiger partial charge in [0.2, 0.25) is 5.91 Å². The van der Waals surface area contributed by atoms with Crippen LogP contribution in [0.25, 0.3) is 0 Å². The molecule has 5 heteroatoms. The Morgan fingerprint density at radius 3 is 2.72 bits per heavy atom. The summed E-state index contributed by atoms with van der Waals surface area (Å²) in [4.78, 5) is 23.5. The van der Waals surface area contributed by atoms with E-state index in [0.717, 1.165) is 12.8 Å². The van der Waals surface area contributed by atoms with Crippen molar-refractivity contribution in [1.82, 2.24) is 5.32 Å². The van der Waals surface area contributed by atoms with Crippen LogP contribution in [0, 0.1) is 0 Å². The Kier molecular flexibility index (Phi) is 4.25. The Morgan fingerprint density at radius 1 is 1.33 bits per heavy atom. The molecule has 2 N–H and O–H groups in total. The SMILES string of the molecule is CSCC(=O)Nc1ccccc1C(=O)NC1CC1. The van der Waals surface area contributed by atoms with Gasteiger partial charge >= 0.3 is 0 Å². The van der Waals surface area contributed by atoms with Crippen molar-refractivity contribution in [2.24, 2.45) is 0 Å². The molecule has 0 bridgehead atoms. The number of hydrogen-bond donors (Lipinski definition) is 2. The number of benzene rings is 1. The lowest BCUT2D eigenvalue weighted by molar-refractivity contribution is -0.113. The minimum Gasteiger partial charge on any atom is -0.349 e. The summed E-state index contributed by atoms with van der Waals surface area (Å²) in [7, 11) is 0. The van der Waals surface area contributed by atoms with Crippen LogP contribution in [0.15, 0.2) is 24.3 Å². The number of para-hydroxylation sites is 1. The summed E-state index contributed by atoms with van der Waals surface area (Å²) in [5, 5.41) is 5.69. The fourth-order valence-corrected chi connectivity index (χ4v) is 1.93.